The summed E-state index contributed by atoms with van der Waals surface area (Å²) in [5.74, 6) is 0.168. The Labute approximate surface area is 125 Å². The molecule has 0 fully saturated rings. The molecule has 0 unspecified atom stereocenters. The van der Waals surface area contributed by atoms with Crippen LogP contribution in [-0.4, -0.2) is 22.2 Å². The summed E-state index contributed by atoms with van der Waals surface area (Å²) < 4.78 is 0.869. The molecule has 2 N–H and O–H groups in total. The number of phenols is 1. The molecule has 0 aromatic heterocycles. The Morgan fingerprint density at radius 2 is 2.00 bits per heavy atom. The first-order valence-corrected chi connectivity index (χ1v) is 6.71. The minimum atomic E-state index is 0.168. The number of nitrogens with zero attached hydrogens (tertiary/aromatic N) is 2. The average molecular weight is 333 g/mol. The van der Waals surface area contributed by atoms with Crippen molar-refractivity contribution in [2.45, 2.75) is 6.92 Å². The zero-order valence-corrected chi connectivity index (χ0v) is 12.4. The lowest BCUT2D eigenvalue weighted by atomic mass is 10.1. The predicted octanol–water partition coefficient (Wildman–Crippen LogP) is 4.10. The number of aromatic hydroxyl groups is 1. The van der Waals surface area contributed by atoms with Gasteiger partial charge in [0.05, 0.1) is 11.4 Å². The van der Waals surface area contributed by atoms with Crippen LogP contribution in [0, 0.1) is 0 Å². The van der Waals surface area contributed by atoms with Crippen molar-refractivity contribution in [3.63, 3.8) is 0 Å². The van der Waals surface area contributed by atoms with Crippen LogP contribution in [0.4, 0.5) is 5.69 Å². The van der Waals surface area contributed by atoms with E-state index in [1.165, 1.54) is 0 Å². The molecule has 0 saturated heterocycles. The van der Waals surface area contributed by atoms with Crippen molar-refractivity contribution in [2.75, 3.05) is 0 Å². The van der Waals surface area contributed by atoms with Gasteiger partial charge in [0.1, 0.15) is 5.75 Å². The van der Waals surface area contributed by atoms with E-state index in [1.54, 1.807) is 37.4 Å². The van der Waals surface area contributed by atoms with E-state index in [0.717, 1.165) is 10.0 Å². The Balaban J connectivity index is 2.30. The van der Waals surface area contributed by atoms with Crippen molar-refractivity contribution in [3.05, 3.63) is 58.1 Å². The highest BCUT2D eigenvalue weighted by Gasteiger charge is 2.00. The number of phenolic OH excluding ortho intramolecular Hbond substituents is 1. The number of hydrogen-bond acceptors (Lipinski definition) is 4. The van der Waals surface area contributed by atoms with Gasteiger partial charge in [0.25, 0.3) is 0 Å². The van der Waals surface area contributed by atoms with Crippen LogP contribution in [0.25, 0.3) is 0 Å². The molecule has 0 aliphatic carbocycles. The first-order valence-electron chi connectivity index (χ1n) is 5.92. The summed E-state index contributed by atoms with van der Waals surface area (Å²) in [5.41, 5.74) is 2.65. The number of aliphatic imine (C=N–C) groups is 1. The minimum Gasteiger partial charge on any atom is -0.507 e. The second kappa shape index (κ2) is 6.34. The van der Waals surface area contributed by atoms with Crippen molar-refractivity contribution in [1.82, 2.24) is 0 Å². The standard InChI is InChI=1S/C15H13BrN2O2/c1-10(18-20)11-3-2-4-14(8-11)17-9-12-7-13(16)5-6-15(12)19/h2-9,19-20H,1H3/b17-9?,18-10+. The summed E-state index contributed by atoms with van der Waals surface area (Å²) in [6.45, 7) is 1.71. The zero-order valence-electron chi connectivity index (χ0n) is 10.8. The van der Waals surface area contributed by atoms with Gasteiger partial charge in [-0.25, -0.2) is 0 Å². The third-order valence-corrected chi connectivity index (χ3v) is 3.25. The lowest BCUT2D eigenvalue weighted by Gasteiger charge is -2.01. The maximum atomic E-state index is 9.73. The molecule has 0 bridgehead atoms. The van der Waals surface area contributed by atoms with E-state index in [1.807, 2.05) is 18.2 Å². The third-order valence-electron chi connectivity index (χ3n) is 2.76. The highest BCUT2D eigenvalue weighted by molar-refractivity contribution is 9.10. The van der Waals surface area contributed by atoms with Crippen molar-refractivity contribution in [3.8, 4) is 5.75 Å². The molecular weight excluding hydrogens is 320 g/mol. The Hall–Kier alpha value is -2.14. The predicted molar refractivity (Wildman–Crippen MR) is 83.5 cm³/mol. The molecule has 4 nitrogen and oxygen atoms in total. The van der Waals surface area contributed by atoms with E-state index in [9.17, 15) is 5.11 Å². The van der Waals surface area contributed by atoms with E-state index in [0.29, 0.717) is 17.0 Å². The molecule has 0 aliphatic heterocycles. The maximum absolute atomic E-state index is 9.73. The summed E-state index contributed by atoms with van der Waals surface area (Å²) in [6, 6.07) is 12.4. The van der Waals surface area contributed by atoms with Gasteiger partial charge >= 0.3 is 0 Å². The van der Waals surface area contributed by atoms with Crippen LogP contribution >= 0.6 is 15.9 Å². The summed E-state index contributed by atoms with van der Waals surface area (Å²) in [7, 11) is 0. The van der Waals surface area contributed by atoms with Gasteiger partial charge in [-0.2, -0.15) is 0 Å². The van der Waals surface area contributed by atoms with Crippen LogP contribution in [-0.2, 0) is 0 Å². The fraction of sp³-hybridized carbons (Fsp3) is 0.0667. The van der Waals surface area contributed by atoms with E-state index in [-0.39, 0.29) is 5.75 Å². The SMILES string of the molecule is C/C(=N\O)c1cccc(N=Cc2cc(Br)ccc2O)c1. The van der Waals surface area contributed by atoms with Crippen molar-refractivity contribution in [1.29, 1.82) is 0 Å². The molecule has 2 aromatic rings. The molecule has 20 heavy (non-hydrogen) atoms. The largest absolute Gasteiger partial charge is 0.507 e. The lowest BCUT2D eigenvalue weighted by Crippen LogP contribution is -1.93. The van der Waals surface area contributed by atoms with Crippen LogP contribution in [0.15, 0.2) is 57.1 Å². The van der Waals surface area contributed by atoms with Gasteiger partial charge in [-0.15, -0.1) is 0 Å². The Morgan fingerprint density at radius 1 is 1.20 bits per heavy atom. The molecule has 102 valence electrons. The Kier molecular flexibility index (Phi) is 4.53. The molecule has 0 amide bonds. The zero-order chi connectivity index (χ0) is 14.5. The third kappa shape index (κ3) is 3.45. The van der Waals surface area contributed by atoms with Gasteiger partial charge in [-0.1, -0.05) is 33.2 Å². The number of rotatable bonds is 3. The maximum Gasteiger partial charge on any atom is 0.124 e. The number of hydrogen-bond donors (Lipinski definition) is 2. The summed E-state index contributed by atoms with van der Waals surface area (Å²) in [6.07, 6.45) is 1.59. The smallest absolute Gasteiger partial charge is 0.124 e. The number of halogens is 1. The first-order chi connectivity index (χ1) is 9.60. The molecule has 2 rings (SSSR count). The second-order valence-corrected chi connectivity index (χ2v) is 5.11. The highest BCUT2D eigenvalue weighted by atomic mass is 79.9. The average Bonchev–Trinajstić information content (AvgIpc) is 2.47. The molecule has 0 aliphatic rings. The molecular formula is C15H13BrN2O2. The quantitative estimate of drug-likeness (QED) is 0.504. The van der Waals surface area contributed by atoms with E-state index >= 15 is 0 Å². The summed E-state index contributed by atoms with van der Waals surface area (Å²) >= 11 is 3.35. The number of benzene rings is 2. The van der Waals surface area contributed by atoms with Crippen LogP contribution in [0.3, 0.4) is 0 Å². The van der Waals surface area contributed by atoms with Crippen LogP contribution in [0.1, 0.15) is 18.1 Å². The van der Waals surface area contributed by atoms with Gasteiger partial charge < -0.3 is 10.3 Å². The first kappa shape index (κ1) is 14.3. The van der Waals surface area contributed by atoms with Crippen molar-refractivity contribution < 1.29 is 10.3 Å². The van der Waals surface area contributed by atoms with Crippen LogP contribution < -0.4 is 0 Å². The summed E-state index contributed by atoms with van der Waals surface area (Å²) in [4.78, 5) is 4.31. The highest BCUT2D eigenvalue weighted by Crippen LogP contribution is 2.21. The molecule has 2 aromatic carbocycles. The minimum absolute atomic E-state index is 0.168. The van der Waals surface area contributed by atoms with Gasteiger partial charge in [-0.3, -0.25) is 4.99 Å². The van der Waals surface area contributed by atoms with Crippen LogP contribution in [0.2, 0.25) is 0 Å². The van der Waals surface area contributed by atoms with Gasteiger partial charge in [0.15, 0.2) is 0 Å². The molecule has 0 atom stereocenters. The summed E-state index contributed by atoms with van der Waals surface area (Å²) in [5, 5.41) is 21.7. The molecule has 0 saturated carbocycles. The van der Waals surface area contributed by atoms with Crippen LogP contribution in [0.5, 0.6) is 5.75 Å². The molecule has 0 heterocycles. The monoisotopic (exact) mass is 332 g/mol. The van der Waals surface area contributed by atoms with E-state index in [2.05, 4.69) is 26.1 Å². The Bertz CT molecular complexity index is 681. The van der Waals surface area contributed by atoms with Crippen molar-refractivity contribution >= 4 is 33.5 Å². The number of oxime groups is 1. The van der Waals surface area contributed by atoms with Gasteiger partial charge in [-0.05, 0) is 37.3 Å². The molecule has 5 heteroatoms. The van der Waals surface area contributed by atoms with Crippen molar-refractivity contribution in [2.24, 2.45) is 10.1 Å². The second-order valence-electron chi connectivity index (χ2n) is 4.20. The normalized spacial score (nSPS) is 12.0. The lowest BCUT2D eigenvalue weighted by molar-refractivity contribution is 0.319. The fourth-order valence-electron chi connectivity index (χ4n) is 1.64. The topological polar surface area (TPSA) is 65.2 Å². The molecule has 0 radical (unpaired) electrons. The Morgan fingerprint density at radius 3 is 2.75 bits per heavy atom. The van der Waals surface area contributed by atoms with Gasteiger partial charge in [0, 0.05) is 21.8 Å². The fourth-order valence-corrected chi connectivity index (χ4v) is 2.02. The van der Waals surface area contributed by atoms with E-state index in [4.69, 9.17) is 5.21 Å². The van der Waals surface area contributed by atoms with Gasteiger partial charge in [0.2, 0.25) is 0 Å². The van der Waals surface area contributed by atoms with E-state index < -0.39 is 0 Å². The molecule has 0 spiro atoms.